The van der Waals surface area contributed by atoms with E-state index in [1.807, 2.05) is 23.5 Å². The Balaban J connectivity index is 0.000000131. The van der Waals surface area contributed by atoms with E-state index >= 15 is 0 Å². The van der Waals surface area contributed by atoms with E-state index in [0.29, 0.717) is 0 Å². The minimum atomic E-state index is 0.271. The number of hydrogen-bond donors (Lipinski definition) is 2. The van der Waals surface area contributed by atoms with Gasteiger partial charge in [0.05, 0.1) is 0 Å². The quantitative estimate of drug-likeness (QED) is 0.753. The summed E-state index contributed by atoms with van der Waals surface area (Å²) in [5.41, 5.74) is 14.5. The van der Waals surface area contributed by atoms with Gasteiger partial charge in [0.2, 0.25) is 0 Å². The molecule has 4 heteroatoms. The highest BCUT2D eigenvalue weighted by atomic mass is 32.2. The van der Waals surface area contributed by atoms with Gasteiger partial charge in [-0.05, 0) is 47.6 Å². The summed E-state index contributed by atoms with van der Waals surface area (Å²) >= 11 is 3.82. The summed E-state index contributed by atoms with van der Waals surface area (Å²) in [6.45, 7) is 0. The van der Waals surface area contributed by atoms with Gasteiger partial charge in [0, 0.05) is 21.9 Å². The van der Waals surface area contributed by atoms with Crippen LogP contribution in [0.5, 0.6) is 0 Å². The van der Waals surface area contributed by atoms with Crippen molar-refractivity contribution in [3.8, 4) is 0 Å². The summed E-state index contributed by atoms with van der Waals surface area (Å²) in [5, 5.41) is 0. The Morgan fingerprint density at radius 1 is 0.682 bits per heavy atom. The van der Waals surface area contributed by atoms with Crippen molar-refractivity contribution in [3.05, 3.63) is 59.7 Å². The summed E-state index contributed by atoms with van der Waals surface area (Å²) < 4.78 is 0. The molecule has 2 heterocycles. The van der Waals surface area contributed by atoms with Gasteiger partial charge < -0.3 is 11.5 Å². The third kappa shape index (κ3) is 3.69. The van der Waals surface area contributed by atoms with Gasteiger partial charge in [-0.1, -0.05) is 36.4 Å². The molecule has 2 aliphatic heterocycles. The molecule has 0 unspecified atom stereocenters. The van der Waals surface area contributed by atoms with Crippen LogP contribution in [0.3, 0.4) is 0 Å². The SMILES string of the molecule is N[C@@H]1CCSc2ccccc21.N[C@H]1CCSc2ccccc21. The predicted molar refractivity (Wildman–Crippen MR) is 97.4 cm³/mol. The van der Waals surface area contributed by atoms with E-state index in [1.54, 1.807) is 0 Å². The smallest absolute Gasteiger partial charge is 0.0314 e. The lowest BCUT2D eigenvalue weighted by atomic mass is 10.1. The zero-order chi connectivity index (χ0) is 15.4. The number of rotatable bonds is 0. The maximum atomic E-state index is 5.93. The molecule has 4 N–H and O–H groups in total. The normalized spacial score (nSPS) is 22.8. The van der Waals surface area contributed by atoms with Crippen LogP contribution >= 0.6 is 23.5 Å². The van der Waals surface area contributed by atoms with Crippen LogP contribution in [-0.2, 0) is 0 Å². The molecule has 0 aliphatic carbocycles. The molecule has 0 spiro atoms. The molecule has 0 bridgehead atoms. The molecule has 22 heavy (non-hydrogen) atoms. The number of hydrogen-bond acceptors (Lipinski definition) is 4. The van der Waals surface area contributed by atoms with Crippen LogP contribution in [0.15, 0.2) is 58.3 Å². The average molecular weight is 331 g/mol. The molecule has 0 radical (unpaired) electrons. The molecule has 0 fully saturated rings. The molecule has 116 valence electrons. The number of benzene rings is 2. The minimum Gasteiger partial charge on any atom is -0.324 e. The molecule has 2 aromatic carbocycles. The minimum absolute atomic E-state index is 0.271. The molecule has 0 amide bonds. The van der Waals surface area contributed by atoms with Gasteiger partial charge in [0.1, 0.15) is 0 Å². The Morgan fingerprint density at radius 2 is 1.09 bits per heavy atom. The highest BCUT2D eigenvalue weighted by Crippen LogP contribution is 2.34. The van der Waals surface area contributed by atoms with E-state index in [4.69, 9.17) is 11.5 Å². The van der Waals surface area contributed by atoms with Gasteiger partial charge in [-0.2, -0.15) is 0 Å². The molecular formula is C18H22N2S2. The van der Waals surface area contributed by atoms with Crippen molar-refractivity contribution in [1.29, 1.82) is 0 Å². The van der Waals surface area contributed by atoms with E-state index in [-0.39, 0.29) is 12.1 Å². The zero-order valence-corrected chi connectivity index (χ0v) is 14.2. The summed E-state index contributed by atoms with van der Waals surface area (Å²) in [6.07, 6.45) is 2.23. The van der Waals surface area contributed by atoms with Crippen LogP contribution < -0.4 is 11.5 Å². The van der Waals surface area contributed by atoms with Gasteiger partial charge in [0.15, 0.2) is 0 Å². The zero-order valence-electron chi connectivity index (χ0n) is 12.6. The van der Waals surface area contributed by atoms with E-state index < -0.39 is 0 Å². The fourth-order valence-corrected chi connectivity index (χ4v) is 5.04. The summed E-state index contributed by atoms with van der Waals surface area (Å²) in [4.78, 5) is 2.73. The van der Waals surface area contributed by atoms with E-state index in [1.165, 1.54) is 20.9 Å². The van der Waals surface area contributed by atoms with Gasteiger partial charge in [-0.3, -0.25) is 0 Å². The highest BCUT2D eigenvalue weighted by Gasteiger charge is 2.16. The van der Waals surface area contributed by atoms with E-state index in [9.17, 15) is 0 Å². The second-order valence-corrected chi connectivity index (χ2v) is 7.84. The molecule has 0 aromatic heterocycles. The molecular weight excluding hydrogens is 308 g/mol. The van der Waals surface area contributed by atoms with Gasteiger partial charge in [-0.25, -0.2) is 0 Å². The van der Waals surface area contributed by atoms with Gasteiger partial charge in [-0.15, -0.1) is 23.5 Å². The maximum absolute atomic E-state index is 5.93. The molecule has 4 rings (SSSR count). The van der Waals surface area contributed by atoms with Crippen LogP contribution in [0.1, 0.15) is 36.1 Å². The lowest BCUT2D eigenvalue weighted by Gasteiger charge is -2.20. The van der Waals surface area contributed by atoms with Gasteiger partial charge in [0.25, 0.3) is 0 Å². The number of thioether (sulfide) groups is 2. The van der Waals surface area contributed by atoms with Gasteiger partial charge >= 0.3 is 0 Å². The topological polar surface area (TPSA) is 52.0 Å². The first kappa shape index (κ1) is 15.9. The first-order valence-corrected chi connectivity index (χ1v) is 9.67. The van der Waals surface area contributed by atoms with Crippen molar-refractivity contribution < 1.29 is 0 Å². The van der Waals surface area contributed by atoms with Crippen LogP contribution in [0.2, 0.25) is 0 Å². The molecule has 2 aliphatic rings. The number of nitrogens with two attached hydrogens (primary N) is 2. The second kappa shape index (κ2) is 7.55. The number of fused-ring (bicyclic) bond motifs is 2. The van der Waals surface area contributed by atoms with Crippen LogP contribution in [0, 0.1) is 0 Å². The first-order valence-electron chi connectivity index (χ1n) is 7.70. The van der Waals surface area contributed by atoms with Crippen LogP contribution in [0.4, 0.5) is 0 Å². The Kier molecular flexibility index (Phi) is 5.47. The fraction of sp³-hybridized carbons (Fsp3) is 0.333. The summed E-state index contributed by atoms with van der Waals surface area (Å²) in [5.74, 6) is 2.33. The lowest BCUT2D eigenvalue weighted by Crippen LogP contribution is -2.15. The fourth-order valence-electron chi connectivity index (χ4n) is 2.74. The average Bonchev–Trinajstić information content (AvgIpc) is 2.57. The van der Waals surface area contributed by atoms with Crippen molar-refractivity contribution in [1.82, 2.24) is 0 Å². The van der Waals surface area contributed by atoms with Crippen molar-refractivity contribution in [3.63, 3.8) is 0 Å². The molecule has 2 aromatic rings. The second-order valence-electron chi connectivity index (χ2n) is 5.56. The highest BCUT2D eigenvalue weighted by molar-refractivity contribution is 7.99. The van der Waals surface area contributed by atoms with E-state index in [2.05, 4.69) is 48.5 Å². The van der Waals surface area contributed by atoms with Crippen molar-refractivity contribution in [2.75, 3.05) is 11.5 Å². The summed E-state index contributed by atoms with van der Waals surface area (Å²) in [6, 6.07) is 17.4. The lowest BCUT2D eigenvalue weighted by molar-refractivity contribution is 0.680. The Labute approximate surface area is 141 Å². The Morgan fingerprint density at radius 3 is 1.50 bits per heavy atom. The monoisotopic (exact) mass is 330 g/mol. The van der Waals surface area contributed by atoms with Crippen molar-refractivity contribution >= 4 is 23.5 Å². The standard InChI is InChI=1S/2C9H11NS/c2*10-8-5-6-11-9-4-2-1-3-7(8)9/h2*1-4,8H,5-6,10H2/t2*8-/m10/s1. The maximum Gasteiger partial charge on any atom is 0.0314 e. The summed E-state index contributed by atoms with van der Waals surface area (Å²) in [7, 11) is 0. The third-order valence-electron chi connectivity index (χ3n) is 4.01. The third-order valence-corrected chi connectivity index (χ3v) is 6.26. The van der Waals surface area contributed by atoms with E-state index in [0.717, 1.165) is 24.3 Å². The van der Waals surface area contributed by atoms with Crippen molar-refractivity contribution in [2.24, 2.45) is 11.5 Å². The van der Waals surface area contributed by atoms with Crippen molar-refractivity contribution in [2.45, 2.75) is 34.7 Å². The Hall–Kier alpha value is -0.940. The Bertz CT molecular complexity index is 574. The molecule has 0 saturated heterocycles. The molecule has 2 nitrogen and oxygen atoms in total. The first-order chi connectivity index (χ1) is 10.8. The van der Waals surface area contributed by atoms with Crippen LogP contribution in [0.25, 0.3) is 0 Å². The predicted octanol–water partition coefficient (Wildman–Crippen LogP) is 4.36. The molecule has 0 saturated carbocycles. The largest absolute Gasteiger partial charge is 0.324 e. The molecule has 2 atom stereocenters. The van der Waals surface area contributed by atoms with Crippen LogP contribution in [-0.4, -0.2) is 11.5 Å².